The van der Waals surface area contributed by atoms with Crippen LogP contribution < -0.4 is 10.1 Å². The van der Waals surface area contributed by atoms with Gasteiger partial charge in [-0.1, -0.05) is 43.7 Å². The molecule has 0 unspecified atom stereocenters. The second kappa shape index (κ2) is 16.6. The van der Waals surface area contributed by atoms with Crippen LogP contribution in [0.1, 0.15) is 93.1 Å². The molecule has 52 heavy (non-hydrogen) atoms. The predicted molar refractivity (Wildman–Crippen MR) is 200 cm³/mol. The van der Waals surface area contributed by atoms with Gasteiger partial charge >= 0.3 is 0 Å². The number of aromatic amines is 1. The molecule has 3 aromatic heterocycles. The number of nitrogens with one attached hydrogen (secondary N) is 2. The van der Waals surface area contributed by atoms with E-state index in [0.717, 1.165) is 24.0 Å². The number of carbonyl (C=O) groups is 3. The van der Waals surface area contributed by atoms with E-state index in [2.05, 4.69) is 47.1 Å². The first-order chi connectivity index (χ1) is 24.9. The fraction of sp³-hybridized carbons (Fsp3) is 0.436. The van der Waals surface area contributed by atoms with E-state index < -0.39 is 23.2 Å². The maximum Gasteiger partial charge on any atom is 0.295 e. The van der Waals surface area contributed by atoms with Crippen LogP contribution in [0.2, 0.25) is 0 Å². The summed E-state index contributed by atoms with van der Waals surface area (Å²) in [6, 6.07) is 11.8. The summed E-state index contributed by atoms with van der Waals surface area (Å²) in [6.45, 7) is 11.1. The third-order valence-electron chi connectivity index (χ3n) is 9.07. The van der Waals surface area contributed by atoms with E-state index in [0.29, 0.717) is 71.9 Å². The average molecular weight is 727 g/mol. The lowest BCUT2D eigenvalue weighted by atomic mass is 9.93. The Hall–Kier alpha value is -4.90. The number of Topliss-reactive ketones (excluding diaryl/α,β-unsaturated/α-hetero) is 1. The summed E-state index contributed by atoms with van der Waals surface area (Å²) in [6.07, 6.45) is 6.45. The predicted octanol–water partition coefficient (Wildman–Crippen LogP) is 6.33. The van der Waals surface area contributed by atoms with Gasteiger partial charge in [0, 0.05) is 37.6 Å². The van der Waals surface area contributed by atoms with Gasteiger partial charge in [0.2, 0.25) is 0 Å². The molecule has 0 bridgehead atoms. The zero-order valence-electron chi connectivity index (χ0n) is 30.4. The van der Waals surface area contributed by atoms with Gasteiger partial charge in [-0.05, 0) is 58.1 Å². The fourth-order valence-corrected chi connectivity index (χ4v) is 7.12. The lowest BCUT2D eigenvalue weighted by Crippen LogP contribution is -2.40. The Balaban J connectivity index is 1.44. The maximum atomic E-state index is 14.1. The van der Waals surface area contributed by atoms with Crippen LogP contribution in [0.3, 0.4) is 0 Å². The highest BCUT2D eigenvalue weighted by Gasteiger charge is 2.32. The van der Waals surface area contributed by atoms with Gasteiger partial charge in [0.1, 0.15) is 27.7 Å². The zero-order chi connectivity index (χ0) is 37.5. The molecule has 12 nitrogen and oxygen atoms in total. The van der Waals surface area contributed by atoms with Crippen molar-refractivity contribution >= 4 is 45.4 Å². The minimum Gasteiger partial charge on any atom is -0.485 e. The van der Waals surface area contributed by atoms with E-state index in [1.807, 2.05) is 44.2 Å². The lowest BCUT2D eigenvalue weighted by molar-refractivity contribution is -0.126. The van der Waals surface area contributed by atoms with E-state index in [1.165, 1.54) is 28.6 Å². The van der Waals surface area contributed by atoms with Crippen LogP contribution in [-0.2, 0) is 9.53 Å². The molecular weight excluding hydrogens is 681 g/mol. The number of carbonyl (C=O) groups excluding carboxylic acids is 3. The van der Waals surface area contributed by atoms with E-state index in [1.54, 1.807) is 5.38 Å². The van der Waals surface area contributed by atoms with Crippen molar-refractivity contribution in [3.63, 3.8) is 0 Å². The van der Waals surface area contributed by atoms with Gasteiger partial charge in [-0.3, -0.25) is 14.4 Å². The highest BCUT2D eigenvalue weighted by atomic mass is 32.1. The first-order valence-electron chi connectivity index (χ1n) is 17.6. The number of aliphatic hydroxyl groups is 1. The molecule has 0 atom stereocenters. The molecule has 274 valence electrons. The SMILES string of the molecule is CCCC(C)(C)OCCC(C)(C)Oc1cnc(-c2nc(C(=O)NCCO)cs2)c2[nH]cc(C(=O)C(=O)N3CCC(=C(C#N)c4ccccc4)CC3)c12. The molecule has 1 fully saturated rings. The molecule has 13 heteroatoms. The number of benzene rings is 1. The number of ether oxygens (including phenoxy) is 2. The number of ketones is 1. The molecule has 4 aromatic rings. The number of hydrogen-bond acceptors (Lipinski definition) is 10. The number of likely N-dealkylation sites (tertiary alicyclic amines) is 1. The van der Waals surface area contributed by atoms with Gasteiger partial charge in [0.25, 0.3) is 17.6 Å². The number of rotatable bonds is 15. The van der Waals surface area contributed by atoms with Crippen molar-refractivity contribution in [2.24, 2.45) is 0 Å². The van der Waals surface area contributed by atoms with Crippen LogP contribution >= 0.6 is 11.3 Å². The largest absolute Gasteiger partial charge is 0.485 e. The lowest BCUT2D eigenvalue weighted by Gasteiger charge is -2.30. The van der Waals surface area contributed by atoms with E-state index in [9.17, 15) is 19.6 Å². The molecule has 0 aliphatic carbocycles. The van der Waals surface area contributed by atoms with Crippen LogP contribution in [0.4, 0.5) is 0 Å². The summed E-state index contributed by atoms with van der Waals surface area (Å²) in [5.41, 5.74) is 2.53. The van der Waals surface area contributed by atoms with Crippen molar-refractivity contribution in [3.8, 4) is 22.5 Å². The van der Waals surface area contributed by atoms with Crippen molar-refractivity contribution in [1.29, 1.82) is 5.26 Å². The quantitative estimate of drug-likeness (QED) is 0.0719. The Morgan fingerprint density at radius 3 is 2.50 bits per heavy atom. The van der Waals surface area contributed by atoms with Crippen LogP contribution in [0.5, 0.6) is 5.75 Å². The Morgan fingerprint density at radius 2 is 1.83 bits per heavy atom. The second-order valence-electron chi connectivity index (χ2n) is 14.0. The molecular formula is C39H46N6O6S. The second-order valence-corrected chi connectivity index (χ2v) is 14.8. The first kappa shape index (κ1) is 38.3. The van der Waals surface area contributed by atoms with Crippen LogP contribution in [0, 0.1) is 11.3 Å². The highest BCUT2D eigenvalue weighted by molar-refractivity contribution is 7.13. The van der Waals surface area contributed by atoms with Crippen molar-refractivity contribution in [1.82, 2.24) is 25.2 Å². The molecule has 0 radical (unpaired) electrons. The van der Waals surface area contributed by atoms with E-state index in [-0.39, 0.29) is 30.0 Å². The average Bonchev–Trinajstić information content (AvgIpc) is 3.80. The number of piperidine rings is 1. The molecule has 4 heterocycles. The number of nitriles is 1. The third-order valence-corrected chi connectivity index (χ3v) is 9.92. The Bertz CT molecular complexity index is 1980. The monoisotopic (exact) mass is 726 g/mol. The van der Waals surface area contributed by atoms with Crippen LogP contribution in [0.15, 0.2) is 53.7 Å². The fourth-order valence-electron chi connectivity index (χ4n) is 6.32. The van der Waals surface area contributed by atoms with Crippen molar-refractivity contribution in [2.75, 3.05) is 32.8 Å². The Kier molecular flexibility index (Phi) is 12.3. The molecule has 1 aromatic carbocycles. The molecule has 0 spiro atoms. The number of H-pyrrole nitrogens is 1. The van der Waals surface area contributed by atoms with Gasteiger partial charge < -0.3 is 29.8 Å². The Labute approximate surface area is 307 Å². The van der Waals surface area contributed by atoms with Crippen LogP contribution in [0.25, 0.3) is 27.2 Å². The molecule has 3 N–H and O–H groups in total. The summed E-state index contributed by atoms with van der Waals surface area (Å²) in [4.78, 5) is 54.2. The zero-order valence-corrected chi connectivity index (χ0v) is 31.2. The number of hydrogen-bond donors (Lipinski definition) is 3. The number of aliphatic hydroxyl groups excluding tert-OH is 1. The number of amides is 2. The molecule has 1 saturated heterocycles. The first-order valence-corrected chi connectivity index (χ1v) is 18.4. The normalized spacial score (nSPS) is 13.6. The topological polar surface area (TPSA) is 171 Å². The number of fused-ring (bicyclic) bond motifs is 1. The number of aromatic nitrogens is 3. The summed E-state index contributed by atoms with van der Waals surface area (Å²) >= 11 is 1.20. The van der Waals surface area contributed by atoms with Gasteiger partial charge in [-0.15, -0.1) is 11.3 Å². The number of pyridine rings is 1. The van der Waals surface area contributed by atoms with E-state index in [4.69, 9.17) is 14.6 Å². The molecule has 1 aliphatic heterocycles. The van der Waals surface area contributed by atoms with Gasteiger partial charge in [-0.2, -0.15) is 5.26 Å². The Morgan fingerprint density at radius 1 is 1.10 bits per heavy atom. The van der Waals surface area contributed by atoms with E-state index >= 15 is 0 Å². The molecule has 0 saturated carbocycles. The summed E-state index contributed by atoms with van der Waals surface area (Å²) in [5.74, 6) is -1.46. The van der Waals surface area contributed by atoms with Crippen molar-refractivity contribution < 1.29 is 29.0 Å². The standard InChI is InChI=1S/C39H46N6O6S/c1-6-14-38(2,3)50-20-15-39(4,5)51-30-23-43-33(36-44-29(24-52-36)35(48)41-16-19-46)32-31(30)28(22-42-32)34(47)37(49)45-17-12-26(13-18-45)27(21-40)25-10-8-7-9-11-25/h7-11,22-24,42,46H,6,12-20H2,1-5H3,(H,41,48). The summed E-state index contributed by atoms with van der Waals surface area (Å²) in [5, 5.41) is 24.0. The van der Waals surface area contributed by atoms with Gasteiger partial charge in [-0.25, -0.2) is 9.97 Å². The minimum atomic E-state index is -0.730. The molecule has 5 rings (SSSR count). The smallest absolute Gasteiger partial charge is 0.295 e. The number of thiazole rings is 1. The van der Waals surface area contributed by atoms with Crippen molar-refractivity contribution in [2.45, 2.75) is 77.9 Å². The van der Waals surface area contributed by atoms with Gasteiger partial charge in [0.05, 0.1) is 53.1 Å². The maximum absolute atomic E-state index is 14.1. The summed E-state index contributed by atoms with van der Waals surface area (Å²) < 4.78 is 12.7. The van der Waals surface area contributed by atoms with Crippen molar-refractivity contribution in [3.05, 3.63) is 70.5 Å². The van der Waals surface area contributed by atoms with Crippen LogP contribution in [-0.4, -0.2) is 86.6 Å². The highest BCUT2D eigenvalue weighted by Crippen LogP contribution is 2.38. The molecule has 2 amide bonds. The minimum absolute atomic E-state index is 0.0917. The summed E-state index contributed by atoms with van der Waals surface area (Å²) in [7, 11) is 0. The molecule has 1 aliphatic rings. The number of nitrogens with zero attached hydrogens (tertiary/aromatic N) is 4. The number of allylic oxidation sites excluding steroid dienone is 1. The van der Waals surface area contributed by atoms with Gasteiger partial charge in [0.15, 0.2) is 0 Å². The third kappa shape index (κ3) is 8.93.